The number of benzene rings is 1. The summed E-state index contributed by atoms with van der Waals surface area (Å²) in [6, 6.07) is 5.26. The van der Waals surface area contributed by atoms with E-state index in [0.717, 1.165) is 37.2 Å². The van der Waals surface area contributed by atoms with E-state index < -0.39 is 10.0 Å². The Bertz CT molecular complexity index is 594. The first-order chi connectivity index (χ1) is 9.63. The van der Waals surface area contributed by atoms with Crippen LogP contribution in [0.5, 0.6) is 5.75 Å². The van der Waals surface area contributed by atoms with Crippen molar-refractivity contribution in [3.8, 4) is 5.75 Å². The van der Waals surface area contributed by atoms with Crippen LogP contribution in [0.2, 0.25) is 0 Å². The molecule has 1 atom stereocenters. The molecule has 1 N–H and O–H groups in total. The van der Waals surface area contributed by atoms with Gasteiger partial charge in [0, 0.05) is 25.6 Å². The van der Waals surface area contributed by atoms with Crippen molar-refractivity contribution < 1.29 is 13.2 Å². The SMILES string of the molecule is CCN(C1CCNC1)S(=O)(=O)c1ccc2c(c1)CCO2. The molecule has 0 bridgehead atoms. The van der Waals surface area contributed by atoms with E-state index in [2.05, 4.69) is 5.32 Å². The molecule has 0 aliphatic carbocycles. The zero-order valence-corrected chi connectivity index (χ0v) is 12.4. The van der Waals surface area contributed by atoms with Crippen LogP contribution in [-0.2, 0) is 16.4 Å². The Hall–Kier alpha value is -1.11. The molecule has 2 aliphatic heterocycles. The number of sulfonamides is 1. The van der Waals surface area contributed by atoms with Crippen molar-refractivity contribution in [3.63, 3.8) is 0 Å². The van der Waals surface area contributed by atoms with Gasteiger partial charge in [0.2, 0.25) is 10.0 Å². The van der Waals surface area contributed by atoms with Gasteiger partial charge in [0.1, 0.15) is 5.75 Å². The molecule has 3 rings (SSSR count). The van der Waals surface area contributed by atoms with Gasteiger partial charge in [0.25, 0.3) is 0 Å². The third-order valence-electron chi connectivity index (χ3n) is 4.02. The zero-order valence-electron chi connectivity index (χ0n) is 11.6. The maximum atomic E-state index is 12.8. The summed E-state index contributed by atoms with van der Waals surface area (Å²) >= 11 is 0. The Morgan fingerprint density at radius 3 is 3.00 bits per heavy atom. The third-order valence-corrected chi connectivity index (χ3v) is 6.04. The highest BCUT2D eigenvalue weighted by Crippen LogP contribution is 2.29. The van der Waals surface area contributed by atoms with Gasteiger partial charge in [0.15, 0.2) is 0 Å². The van der Waals surface area contributed by atoms with Gasteiger partial charge in [-0.3, -0.25) is 0 Å². The second kappa shape index (κ2) is 5.35. The van der Waals surface area contributed by atoms with Crippen LogP contribution in [0.3, 0.4) is 0 Å². The number of rotatable bonds is 4. The Morgan fingerprint density at radius 2 is 2.30 bits per heavy atom. The second-order valence-electron chi connectivity index (χ2n) is 5.22. The summed E-state index contributed by atoms with van der Waals surface area (Å²) < 4.78 is 32.7. The molecular formula is C14H20N2O3S. The molecule has 0 radical (unpaired) electrons. The van der Waals surface area contributed by atoms with Gasteiger partial charge in [-0.2, -0.15) is 4.31 Å². The fraction of sp³-hybridized carbons (Fsp3) is 0.571. The summed E-state index contributed by atoms with van der Waals surface area (Å²) in [6.07, 6.45) is 1.66. The third kappa shape index (κ3) is 2.32. The minimum atomic E-state index is -3.42. The van der Waals surface area contributed by atoms with Gasteiger partial charge in [-0.15, -0.1) is 0 Å². The fourth-order valence-corrected chi connectivity index (χ4v) is 4.68. The molecule has 1 unspecified atom stereocenters. The van der Waals surface area contributed by atoms with Crippen LogP contribution in [-0.4, -0.2) is 45.0 Å². The lowest BCUT2D eigenvalue weighted by atomic mass is 10.2. The maximum Gasteiger partial charge on any atom is 0.243 e. The maximum absolute atomic E-state index is 12.8. The van der Waals surface area contributed by atoms with Gasteiger partial charge in [-0.25, -0.2) is 8.42 Å². The lowest BCUT2D eigenvalue weighted by Crippen LogP contribution is -2.41. The normalized spacial score (nSPS) is 22.0. The molecule has 0 spiro atoms. The predicted molar refractivity (Wildman–Crippen MR) is 76.5 cm³/mol. The minimum absolute atomic E-state index is 0.0644. The Balaban J connectivity index is 1.93. The standard InChI is InChI=1S/C14H20N2O3S/c1-2-16(12-5-7-15-10-12)20(17,18)13-3-4-14-11(9-13)6-8-19-14/h3-4,9,12,15H,2,5-8,10H2,1H3. The molecular weight excluding hydrogens is 276 g/mol. The Labute approximate surface area is 120 Å². The molecule has 2 aliphatic rings. The van der Waals surface area contributed by atoms with E-state index in [-0.39, 0.29) is 6.04 Å². The van der Waals surface area contributed by atoms with Crippen molar-refractivity contribution >= 4 is 10.0 Å². The highest BCUT2D eigenvalue weighted by atomic mass is 32.2. The molecule has 0 amide bonds. The highest BCUT2D eigenvalue weighted by molar-refractivity contribution is 7.89. The van der Waals surface area contributed by atoms with E-state index in [9.17, 15) is 8.42 Å². The number of likely N-dealkylation sites (N-methyl/N-ethyl adjacent to an activating group) is 1. The molecule has 20 heavy (non-hydrogen) atoms. The summed E-state index contributed by atoms with van der Waals surface area (Å²) in [5.74, 6) is 0.814. The van der Waals surface area contributed by atoms with Crippen LogP contribution in [0.4, 0.5) is 0 Å². The summed E-state index contributed by atoms with van der Waals surface area (Å²) in [5.41, 5.74) is 0.992. The average Bonchev–Trinajstić information content (AvgIpc) is 3.09. The van der Waals surface area contributed by atoms with E-state index >= 15 is 0 Å². The predicted octanol–water partition coefficient (Wildman–Crippen LogP) is 0.994. The molecule has 1 saturated heterocycles. The molecule has 6 heteroatoms. The minimum Gasteiger partial charge on any atom is -0.493 e. The Kier molecular flexibility index (Phi) is 3.70. The molecule has 5 nitrogen and oxygen atoms in total. The van der Waals surface area contributed by atoms with Gasteiger partial charge in [-0.1, -0.05) is 6.92 Å². The number of hydrogen-bond acceptors (Lipinski definition) is 4. The summed E-state index contributed by atoms with van der Waals surface area (Å²) in [7, 11) is -3.42. The monoisotopic (exact) mass is 296 g/mol. The first-order valence-corrected chi connectivity index (χ1v) is 8.55. The molecule has 1 aromatic rings. The average molecular weight is 296 g/mol. The van der Waals surface area contributed by atoms with Crippen LogP contribution in [0.25, 0.3) is 0 Å². The van der Waals surface area contributed by atoms with Crippen LogP contribution < -0.4 is 10.1 Å². The van der Waals surface area contributed by atoms with Crippen molar-refractivity contribution in [1.82, 2.24) is 9.62 Å². The topological polar surface area (TPSA) is 58.6 Å². The van der Waals surface area contributed by atoms with E-state index in [4.69, 9.17) is 4.74 Å². The van der Waals surface area contributed by atoms with Crippen molar-refractivity contribution in [2.24, 2.45) is 0 Å². The van der Waals surface area contributed by atoms with Crippen LogP contribution in [0.1, 0.15) is 18.9 Å². The van der Waals surface area contributed by atoms with Crippen molar-refractivity contribution in [2.45, 2.75) is 30.7 Å². The van der Waals surface area contributed by atoms with Gasteiger partial charge in [-0.05, 0) is 36.7 Å². The van der Waals surface area contributed by atoms with Crippen LogP contribution in [0.15, 0.2) is 23.1 Å². The number of nitrogens with zero attached hydrogens (tertiary/aromatic N) is 1. The van der Waals surface area contributed by atoms with Crippen molar-refractivity contribution in [1.29, 1.82) is 0 Å². The van der Waals surface area contributed by atoms with Crippen LogP contribution >= 0.6 is 0 Å². The van der Waals surface area contributed by atoms with E-state index in [1.54, 1.807) is 22.5 Å². The van der Waals surface area contributed by atoms with E-state index in [1.807, 2.05) is 6.92 Å². The van der Waals surface area contributed by atoms with E-state index in [1.165, 1.54) is 0 Å². The lowest BCUT2D eigenvalue weighted by molar-refractivity contribution is 0.348. The largest absolute Gasteiger partial charge is 0.493 e. The van der Waals surface area contributed by atoms with Crippen molar-refractivity contribution in [3.05, 3.63) is 23.8 Å². The second-order valence-corrected chi connectivity index (χ2v) is 7.11. The highest BCUT2D eigenvalue weighted by Gasteiger charge is 2.32. The number of nitrogens with one attached hydrogen (secondary N) is 1. The molecule has 0 aromatic heterocycles. The smallest absolute Gasteiger partial charge is 0.243 e. The Morgan fingerprint density at radius 1 is 1.45 bits per heavy atom. The first kappa shape index (κ1) is 13.9. The number of ether oxygens (including phenoxy) is 1. The lowest BCUT2D eigenvalue weighted by Gasteiger charge is -2.26. The van der Waals surface area contributed by atoms with E-state index in [0.29, 0.717) is 18.0 Å². The first-order valence-electron chi connectivity index (χ1n) is 7.11. The van der Waals surface area contributed by atoms with Gasteiger partial charge in [0.05, 0.1) is 11.5 Å². The van der Waals surface area contributed by atoms with Gasteiger partial charge >= 0.3 is 0 Å². The number of fused-ring (bicyclic) bond motifs is 1. The summed E-state index contributed by atoms with van der Waals surface area (Å²) in [4.78, 5) is 0.385. The quantitative estimate of drug-likeness (QED) is 0.900. The molecule has 1 aromatic carbocycles. The van der Waals surface area contributed by atoms with Crippen molar-refractivity contribution in [2.75, 3.05) is 26.2 Å². The summed E-state index contributed by atoms with van der Waals surface area (Å²) in [6.45, 7) is 4.66. The molecule has 110 valence electrons. The molecule has 1 fully saturated rings. The van der Waals surface area contributed by atoms with Gasteiger partial charge < -0.3 is 10.1 Å². The van der Waals surface area contributed by atoms with Crippen LogP contribution in [0, 0.1) is 0 Å². The number of hydrogen-bond donors (Lipinski definition) is 1. The fourth-order valence-electron chi connectivity index (χ4n) is 2.97. The zero-order chi connectivity index (χ0) is 14.2. The summed E-state index contributed by atoms with van der Waals surface area (Å²) in [5, 5.41) is 3.23. The molecule has 2 heterocycles. The molecule has 0 saturated carbocycles.